The lowest BCUT2D eigenvalue weighted by atomic mass is 9.96. The van der Waals surface area contributed by atoms with Gasteiger partial charge in [0.05, 0.1) is 0 Å². The molecule has 0 heterocycles. The second-order valence-electron chi connectivity index (χ2n) is 10.7. The molecule has 0 aromatic heterocycles. The molecular weight excluding hydrogens is 470 g/mol. The van der Waals surface area contributed by atoms with Gasteiger partial charge in [-0.1, -0.05) is 131 Å². The smallest absolute Gasteiger partial charge is 0.00686 e. The third-order valence-corrected chi connectivity index (χ3v) is 13.1. The van der Waals surface area contributed by atoms with E-state index in [9.17, 15) is 0 Å². The van der Waals surface area contributed by atoms with Crippen LogP contribution in [0.25, 0.3) is 11.1 Å². The van der Waals surface area contributed by atoms with Crippen LogP contribution >= 0.6 is 15.8 Å². The number of hydrogen-bond acceptors (Lipinski definition) is 0. The first-order valence-electron chi connectivity index (χ1n) is 15.3. The fourth-order valence-corrected chi connectivity index (χ4v) is 11.0. The van der Waals surface area contributed by atoms with Crippen molar-refractivity contribution < 1.29 is 0 Å². The highest BCUT2D eigenvalue weighted by atomic mass is 31.1. The van der Waals surface area contributed by atoms with Gasteiger partial charge >= 0.3 is 0 Å². The van der Waals surface area contributed by atoms with Crippen molar-refractivity contribution in [3.8, 4) is 11.1 Å². The molecule has 0 amide bonds. The van der Waals surface area contributed by atoms with Gasteiger partial charge in [0, 0.05) is 0 Å². The van der Waals surface area contributed by atoms with Crippen molar-refractivity contribution in [2.75, 3.05) is 24.6 Å². The molecule has 0 radical (unpaired) electrons. The first-order chi connectivity index (χ1) is 17.6. The van der Waals surface area contributed by atoms with Crippen LogP contribution in [0.4, 0.5) is 0 Å². The first-order valence-corrected chi connectivity index (χ1v) is 18.7. The maximum atomic E-state index is 2.53. The number of aryl methyl sites for hydroxylation is 2. The molecule has 0 unspecified atom stereocenters. The fourth-order valence-electron chi connectivity index (χ4n) is 5.40. The molecule has 2 heteroatoms. The molecule has 0 aliphatic rings. The molecule has 2 rings (SSSR count). The monoisotopic (exact) mass is 526 g/mol. The quantitative estimate of drug-likeness (QED) is 0.126. The Balaban J connectivity index is 2.57. The van der Waals surface area contributed by atoms with E-state index in [0.717, 1.165) is 0 Å². The van der Waals surface area contributed by atoms with E-state index in [0.29, 0.717) is 0 Å². The summed E-state index contributed by atoms with van der Waals surface area (Å²) in [4.78, 5) is 0. The van der Waals surface area contributed by atoms with Gasteiger partial charge in [-0.2, -0.15) is 0 Å². The van der Waals surface area contributed by atoms with Gasteiger partial charge in [-0.25, -0.2) is 0 Å². The van der Waals surface area contributed by atoms with Gasteiger partial charge in [0.1, 0.15) is 0 Å². The molecule has 0 nitrogen and oxygen atoms in total. The highest BCUT2D eigenvalue weighted by Gasteiger charge is 2.23. The van der Waals surface area contributed by atoms with Crippen LogP contribution in [-0.2, 0) is 0 Å². The Labute approximate surface area is 228 Å². The van der Waals surface area contributed by atoms with Crippen LogP contribution in [0, 0.1) is 13.8 Å². The molecule has 0 saturated carbocycles. The number of hydrogen-bond donors (Lipinski definition) is 0. The minimum atomic E-state index is -0.104. The van der Waals surface area contributed by atoms with E-state index < -0.39 is 0 Å². The summed E-state index contributed by atoms with van der Waals surface area (Å²) in [6.07, 6.45) is 22.0. The summed E-state index contributed by atoms with van der Waals surface area (Å²) in [6, 6.07) is 14.5. The van der Waals surface area contributed by atoms with Gasteiger partial charge in [-0.15, -0.1) is 0 Å². The molecule has 0 aliphatic heterocycles. The average molecular weight is 527 g/mol. The zero-order valence-corrected chi connectivity index (χ0v) is 26.5. The molecule has 0 atom stereocenters. The standard InChI is InChI=1S/C34H56P2/c1-7-11-15-25-35(26-16-12-8-2)31-23-19-21-29(5)33(31)34-30(6)22-20-24-32(34)36(27-17-13-9-3)28-18-14-10-4/h19-24H,7-18,25-28H2,1-6H3. The largest absolute Gasteiger partial charge is 0.0746 e. The lowest BCUT2D eigenvalue weighted by molar-refractivity contribution is 0.763. The van der Waals surface area contributed by atoms with Crippen LogP contribution in [0.2, 0.25) is 0 Å². The maximum Gasteiger partial charge on any atom is -0.00686 e. The Kier molecular flexibility index (Phi) is 16.2. The molecule has 0 fully saturated rings. The normalized spacial score (nSPS) is 11.7. The van der Waals surface area contributed by atoms with Gasteiger partial charge < -0.3 is 0 Å². The Bertz CT molecular complexity index is 765. The molecule has 2 aromatic carbocycles. The fraction of sp³-hybridized carbons (Fsp3) is 0.647. The van der Waals surface area contributed by atoms with E-state index in [1.165, 1.54) is 113 Å². The van der Waals surface area contributed by atoms with Crippen LogP contribution < -0.4 is 10.6 Å². The van der Waals surface area contributed by atoms with E-state index in [4.69, 9.17) is 0 Å². The molecule has 0 saturated heterocycles. The molecule has 2 aromatic rings. The number of unbranched alkanes of at least 4 members (excludes halogenated alkanes) is 8. The summed E-state index contributed by atoms with van der Waals surface area (Å²) in [5.41, 5.74) is 6.25. The molecule has 202 valence electrons. The Hall–Kier alpha value is -0.700. The van der Waals surface area contributed by atoms with E-state index in [-0.39, 0.29) is 15.8 Å². The van der Waals surface area contributed by atoms with E-state index >= 15 is 0 Å². The number of benzene rings is 2. The van der Waals surface area contributed by atoms with Crippen LogP contribution in [0.15, 0.2) is 36.4 Å². The van der Waals surface area contributed by atoms with E-state index in [1.807, 2.05) is 0 Å². The summed E-state index contributed by atoms with van der Waals surface area (Å²) in [6.45, 7) is 14.1. The first kappa shape index (κ1) is 31.5. The van der Waals surface area contributed by atoms with Gasteiger partial charge in [-0.3, -0.25) is 0 Å². The maximum absolute atomic E-state index is 2.53. The molecular formula is C34H56P2. The lowest BCUT2D eigenvalue weighted by Gasteiger charge is -2.28. The zero-order chi connectivity index (χ0) is 26.2. The lowest BCUT2D eigenvalue weighted by Crippen LogP contribution is -2.18. The van der Waals surface area contributed by atoms with Gasteiger partial charge in [0.15, 0.2) is 0 Å². The molecule has 0 aliphatic carbocycles. The van der Waals surface area contributed by atoms with Crippen LogP contribution in [-0.4, -0.2) is 24.6 Å². The SMILES string of the molecule is CCCCCP(CCCCC)c1cccc(C)c1-c1c(C)cccc1P(CCCCC)CCCCC. The van der Waals surface area contributed by atoms with Crippen LogP contribution in [0.5, 0.6) is 0 Å². The van der Waals surface area contributed by atoms with Gasteiger partial charge in [-0.05, 0) is 97.0 Å². The third-order valence-electron chi connectivity index (χ3n) is 7.56. The molecule has 0 N–H and O–H groups in total. The van der Waals surface area contributed by atoms with E-state index in [2.05, 4.69) is 77.9 Å². The van der Waals surface area contributed by atoms with Crippen molar-refractivity contribution in [1.29, 1.82) is 0 Å². The van der Waals surface area contributed by atoms with Crippen LogP contribution in [0.3, 0.4) is 0 Å². The van der Waals surface area contributed by atoms with Crippen molar-refractivity contribution in [3.63, 3.8) is 0 Å². The summed E-state index contributed by atoms with van der Waals surface area (Å²) in [5, 5.41) is 3.43. The topological polar surface area (TPSA) is 0 Å². The number of rotatable bonds is 19. The molecule has 0 bridgehead atoms. The van der Waals surface area contributed by atoms with Crippen molar-refractivity contribution in [2.24, 2.45) is 0 Å². The van der Waals surface area contributed by atoms with Gasteiger partial charge in [0.2, 0.25) is 0 Å². The zero-order valence-electron chi connectivity index (χ0n) is 24.7. The van der Waals surface area contributed by atoms with Crippen LogP contribution in [0.1, 0.15) is 116 Å². The van der Waals surface area contributed by atoms with E-state index in [1.54, 1.807) is 21.7 Å². The second-order valence-corrected chi connectivity index (χ2v) is 15.7. The summed E-state index contributed by atoms with van der Waals surface area (Å²) >= 11 is 0. The highest BCUT2D eigenvalue weighted by molar-refractivity contribution is 7.66. The predicted octanol–water partition coefficient (Wildman–Crippen LogP) is 10.9. The average Bonchev–Trinajstić information content (AvgIpc) is 2.87. The Morgan fingerprint density at radius 1 is 0.444 bits per heavy atom. The summed E-state index contributed by atoms with van der Waals surface area (Å²) in [7, 11) is -0.207. The van der Waals surface area contributed by atoms with Gasteiger partial charge in [0.25, 0.3) is 0 Å². The molecule has 0 spiro atoms. The van der Waals surface area contributed by atoms with Crippen molar-refractivity contribution in [1.82, 2.24) is 0 Å². The predicted molar refractivity (Wildman–Crippen MR) is 172 cm³/mol. The van der Waals surface area contributed by atoms with Crippen molar-refractivity contribution >= 4 is 26.5 Å². The summed E-state index contributed by atoms with van der Waals surface area (Å²) < 4.78 is 0. The Morgan fingerprint density at radius 3 is 1.03 bits per heavy atom. The van der Waals surface area contributed by atoms with Crippen molar-refractivity contribution in [2.45, 2.75) is 119 Å². The second kappa shape index (κ2) is 18.5. The van der Waals surface area contributed by atoms with Crippen molar-refractivity contribution in [3.05, 3.63) is 47.5 Å². The Morgan fingerprint density at radius 2 is 0.750 bits per heavy atom. The highest BCUT2D eigenvalue weighted by Crippen LogP contribution is 2.45. The third kappa shape index (κ3) is 9.88. The minimum Gasteiger partial charge on any atom is -0.0746 e. The minimum absolute atomic E-state index is 0.104. The summed E-state index contributed by atoms with van der Waals surface area (Å²) in [5.74, 6) is 0. The molecule has 36 heavy (non-hydrogen) atoms.